The van der Waals surface area contributed by atoms with E-state index in [1.54, 1.807) is 24.3 Å². The monoisotopic (exact) mass is 486 g/mol. The zero-order valence-electron chi connectivity index (χ0n) is 19.7. The van der Waals surface area contributed by atoms with E-state index in [0.29, 0.717) is 17.1 Å². The number of hydrogen-bond donors (Lipinski definition) is 2. The highest BCUT2D eigenvalue weighted by atomic mass is 35.5. The van der Waals surface area contributed by atoms with E-state index >= 15 is 0 Å². The predicted octanol–water partition coefficient (Wildman–Crippen LogP) is 5.32. The molecule has 1 aromatic heterocycles. The molecule has 0 saturated carbocycles. The zero-order valence-corrected chi connectivity index (χ0v) is 20.4. The third-order valence-electron chi connectivity index (χ3n) is 5.92. The lowest BCUT2D eigenvalue weighted by Crippen LogP contribution is -2.34. The smallest absolute Gasteiger partial charge is 0.253 e. The Balaban J connectivity index is 1.47. The van der Waals surface area contributed by atoms with Gasteiger partial charge >= 0.3 is 0 Å². The lowest BCUT2D eigenvalue weighted by Gasteiger charge is -2.19. The van der Waals surface area contributed by atoms with Crippen molar-refractivity contribution in [3.63, 3.8) is 0 Å². The Labute approximate surface area is 209 Å². The fourth-order valence-electron chi connectivity index (χ4n) is 4.01. The van der Waals surface area contributed by atoms with E-state index in [4.69, 9.17) is 11.6 Å². The Hall–Kier alpha value is -3.90. The van der Waals surface area contributed by atoms with Gasteiger partial charge in [-0.2, -0.15) is 5.10 Å². The Morgan fingerprint density at radius 2 is 1.54 bits per heavy atom. The maximum Gasteiger partial charge on any atom is 0.253 e. The van der Waals surface area contributed by atoms with Crippen LogP contribution in [0.3, 0.4) is 0 Å². The summed E-state index contributed by atoms with van der Waals surface area (Å²) in [5.74, 6) is -0.502. The van der Waals surface area contributed by atoms with Gasteiger partial charge in [-0.25, -0.2) is 4.68 Å². The molecule has 0 spiro atoms. The van der Waals surface area contributed by atoms with Crippen molar-refractivity contribution < 1.29 is 9.59 Å². The van der Waals surface area contributed by atoms with Crippen LogP contribution in [-0.4, -0.2) is 21.6 Å². The number of aryl methyl sites for hydroxylation is 1. The van der Waals surface area contributed by atoms with Crippen LogP contribution in [0.4, 0.5) is 0 Å². The summed E-state index contributed by atoms with van der Waals surface area (Å²) in [6.07, 6.45) is 0.0884. The molecule has 0 bridgehead atoms. The van der Waals surface area contributed by atoms with E-state index in [-0.39, 0.29) is 18.2 Å². The van der Waals surface area contributed by atoms with Gasteiger partial charge in [-0.1, -0.05) is 72.3 Å². The first-order valence-corrected chi connectivity index (χ1v) is 11.8. The van der Waals surface area contributed by atoms with Crippen LogP contribution in [0.25, 0.3) is 5.69 Å². The van der Waals surface area contributed by atoms with Crippen LogP contribution in [-0.2, 0) is 11.3 Å². The number of carbonyl (C=O) groups is 2. The van der Waals surface area contributed by atoms with Gasteiger partial charge < -0.3 is 10.6 Å². The van der Waals surface area contributed by atoms with E-state index in [2.05, 4.69) is 15.7 Å². The van der Waals surface area contributed by atoms with E-state index in [1.165, 1.54) is 0 Å². The molecule has 2 amide bonds. The van der Waals surface area contributed by atoms with Gasteiger partial charge in [0.05, 0.1) is 34.4 Å². The molecule has 0 aliphatic carbocycles. The molecule has 6 nitrogen and oxygen atoms in total. The summed E-state index contributed by atoms with van der Waals surface area (Å²) in [4.78, 5) is 25.9. The van der Waals surface area contributed by atoms with Crippen molar-refractivity contribution in [3.05, 3.63) is 118 Å². The molecule has 4 rings (SSSR count). The number of benzene rings is 3. The second-order valence-corrected chi connectivity index (χ2v) is 8.70. The molecule has 7 heteroatoms. The first-order chi connectivity index (χ1) is 16.9. The molecule has 178 valence electrons. The molecule has 0 saturated heterocycles. The van der Waals surface area contributed by atoms with Crippen LogP contribution >= 0.6 is 11.6 Å². The van der Waals surface area contributed by atoms with Gasteiger partial charge in [-0.15, -0.1) is 0 Å². The molecule has 0 fully saturated rings. The first kappa shape index (κ1) is 24.2. The standard InChI is InChI=1S/C28H27ClN4O2/c1-19-24(20(2)33(32-19)22-13-7-4-8-14-22)18-30-27(34)17-26(21-11-5-3-6-12-21)31-28(35)23-15-9-10-16-25(23)29/h3-16,26H,17-18H2,1-2H3,(H,30,34)(H,31,35). The second kappa shape index (κ2) is 11.0. The Kier molecular flexibility index (Phi) is 7.63. The van der Waals surface area contributed by atoms with E-state index in [9.17, 15) is 9.59 Å². The summed E-state index contributed by atoms with van der Waals surface area (Å²) in [6, 6.07) is 25.7. The molecule has 3 aromatic carbocycles. The second-order valence-electron chi connectivity index (χ2n) is 8.29. The number of para-hydroxylation sites is 1. The van der Waals surface area contributed by atoms with Crippen LogP contribution in [0, 0.1) is 13.8 Å². The fourth-order valence-corrected chi connectivity index (χ4v) is 4.24. The maximum atomic E-state index is 13.0. The normalized spacial score (nSPS) is 11.6. The van der Waals surface area contributed by atoms with Crippen LogP contribution in [0.5, 0.6) is 0 Å². The van der Waals surface area contributed by atoms with Crippen LogP contribution in [0.15, 0.2) is 84.9 Å². The van der Waals surface area contributed by atoms with Crippen molar-refractivity contribution in [2.75, 3.05) is 0 Å². The fraction of sp³-hybridized carbons (Fsp3) is 0.179. The van der Waals surface area contributed by atoms with Crippen LogP contribution in [0.1, 0.15) is 45.3 Å². The molecule has 35 heavy (non-hydrogen) atoms. The van der Waals surface area contributed by atoms with Gasteiger partial charge in [0.1, 0.15) is 0 Å². The Morgan fingerprint density at radius 3 is 2.23 bits per heavy atom. The summed E-state index contributed by atoms with van der Waals surface area (Å²) in [5.41, 5.74) is 4.98. The zero-order chi connectivity index (χ0) is 24.8. The summed E-state index contributed by atoms with van der Waals surface area (Å²) in [5, 5.41) is 11.0. The Morgan fingerprint density at radius 1 is 0.914 bits per heavy atom. The van der Waals surface area contributed by atoms with E-state index < -0.39 is 6.04 Å². The van der Waals surface area contributed by atoms with Gasteiger partial charge in [-0.3, -0.25) is 9.59 Å². The molecule has 2 N–H and O–H groups in total. The third kappa shape index (κ3) is 5.78. The number of amides is 2. The minimum atomic E-state index is -0.505. The quantitative estimate of drug-likeness (QED) is 0.354. The van der Waals surface area contributed by atoms with Crippen molar-refractivity contribution in [2.24, 2.45) is 0 Å². The summed E-state index contributed by atoms with van der Waals surface area (Å²) >= 11 is 6.20. The number of carbonyl (C=O) groups excluding carboxylic acids is 2. The number of nitrogens with zero attached hydrogens (tertiary/aromatic N) is 2. The molecular formula is C28H27ClN4O2. The lowest BCUT2D eigenvalue weighted by atomic mass is 10.0. The molecule has 4 aromatic rings. The predicted molar refractivity (Wildman–Crippen MR) is 138 cm³/mol. The lowest BCUT2D eigenvalue weighted by molar-refractivity contribution is -0.121. The number of halogens is 1. The van der Waals surface area contributed by atoms with Crippen molar-refractivity contribution in [1.29, 1.82) is 0 Å². The topological polar surface area (TPSA) is 76.0 Å². The van der Waals surface area contributed by atoms with Gasteiger partial charge in [-0.05, 0) is 43.7 Å². The molecule has 1 unspecified atom stereocenters. The molecule has 1 atom stereocenters. The number of rotatable bonds is 8. The SMILES string of the molecule is Cc1nn(-c2ccccc2)c(C)c1CNC(=O)CC(NC(=O)c1ccccc1Cl)c1ccccc1. The number of hydrogen-bond acceptors (Lipinski definition) is 3. The molecule has 1 heterocycles. The van der Waals surface area contributed by atoms with Crippen molar-refractivity contribution in [1.82, 2.24) is 20.4 Å². The van der Waals surface area contributed by atoms with E-state index in [0.717, 1.165) is 28.2 Å². The van der Waals surface area contributed by atoms with Crippen molar-refractivity contribution >= 4 is 23.4 Å². The van der Waals surface area contributed by atoms with Gasteiger partial charge in [0.25, 0.3) is 5.91 Å². The van der Waals surface area contributed by atoms with E-state index in [1.807, 2.05) is 79.2 Å². The average molecular weight is 487 g/mol. The average Bonchev–Trinajstić information content (AvgIpc) is 3.16. The summed E-state index contributed by atoms with van der Waals surface area (Å²) in [6.45, 7) is 4.28. The summed E-state index contributed by atoms with van der Waals surface area (Å²) < 4.78 is 1.88. The molecule has 0 radical (unpaired) electrons. The van der Waals surface area contributed by atoms with Crippen molar-refractivity contribution in [3.8, 4) is 5.69 Å². The summed E-state index contributed by atoms with van der Waals surface area (Å²) in [7, 11) is 0. The minimum absolute atomic E-state index is 0.0884. The highest BCUT2D eigenvalue weighted by Crippen LogP contribution is 2.21. The first-order valence-electron chi connectivity index (χ1n) is 11.4. The van der Waals surface area contributed by atoms with Crippen molar-refractivity contribution in [2.45, 2.75) is 32.9 Å². The molecular weight excluding hydrogens is 460 g/mol. The molecule has 0 aliphatic heterocycles. The maximum absolute atomic E-state index is 13.0. The molecule has 0 aliphatic rings. The highest BCUT2D eigenvalue weighted by molar-refractivity contribution is 6.33. The van der Waals surface area contributed by atoms with Gasteiger partial charge in [0, 0.05) is 17.8 Å². The van der Waals surface area contributed by atoms with Gasteiger partial charge in [0.2, 0.25) is 5.91 Å². The van der Waals surface area contributed by atoms with Crippen LogP contribution in [0.2, 0.25) is 5.02 Å². The largest absolute Gasteiger partial charge is 0.352 e. The number of aromatic nitrogens is 2. The van der Waals surface area contributed by atoms with Crippen LogP contribution < -0.4 is 10.6 Å². The van der Waals surface area contributed by atoms with Gasteiger partial charge in [0.15, 0.2) is 0 Å². The number of nitrogens with one attached hydrogen (secondary N) is 2. The minimum Gasteiger partial charge on any atom is -0.352 e. The third-order valence-corrected chi connectivity index (χ3v) is 6.25. The Bertz CT molecular complexity index is 1320. The highest BCUT2D eigenvalue weighted by Gasteiger charge is 2.21.